The Morgan fingerprint density at radius 1 is 1.35 bits per heavy atom. The Hall–Kier alpha value is -0.740. The van der Waals surface area contributed by atoms with Crippen molar-refractivity contribution in [3.63, 3.8) is 0 Å². The quantitative estimate of drug-likeness (QED) is 0.794. The van der Waals surface area contributed by atoms with Crippen LogP contribution < -0.4 is 5.32 Å². The minimum absolute atomic E-state index is 0.0773. The third-order valence-electron chi connectivity index (χ3n) is 4.03. The lowest BCUT2D eigenvalue weighted by Gasteiger charge is -2.35. The van der Waals surface area contributed by atoms with Crippen LogP contribution in [-0.2, 0) is 0 Å². The molecule has 1 aromatic carbocycles. The van der Waals surface area contributed by atoms with Crippen molar-refractivity contribution in [2.24, 2.45) is 5.41 Å². The third-order valence-corrected chi connectivity index (χ3v) is 5.45. The number of rotatable bonds is 4. The van der Waals surface area contributed by atoms with Crippen molar-refractivity contribution in [1.29, 1.82) is 0 Å². The average Bonchev–Trinajstić information content (AvgIpc) is 2.46. The van der Waals surface area contributed by atoms with Crippen LogP contribution in [0.5, 0.6) is 5.75 Å². The zero-order valence-corrected chi connectivity index (χ0v) is 13.6. The van der Waals surface area contributed by atoms with E-state index in [0.29, 0.717) is 11.6 Å². The molecule has 0 atom stereocenters. The van der Waals surface area contributed by atoms with Gasteiger partial charge < -0.3 is 10.4 Å². The maximum absolute atomic E-state index is 12.1. The molecule has 2 rings (SSSR count). The monoisotopic (exact) mass is 359 g/mol. The van der Waals surface area contributed by atoms with Crippen molar-refractivity contribution in [3.8, 4) is 5.75 Å². The summed E-state index contributed by atoms with van der Waals surface area (Å²) in [4.78, 5) is 12.1. The van der Waals surface area contributed by atoms with Gasteiger partial charge in [-0.3, -0.25) is 4.79 Å². The number of phenols is 1. The Morgan fingerprint density at radius 3 is 2.65 bits per heavy atom. The van der Waals surface area contributed by atoms with Gasteiger partial charge in [-0.2, -0.15) is 0 Å². The van der Waals surface area contributed by atoms with Crippen molar-refractivity contribution in [2.75, 3.05) is 11.9 Å². The predicted octanol–water partition coefficient (Wildman–Crippen LogP) is 4.12. The van der Waals surface area contributed by atoms with Gasteiger partial charge in [0, 0.05) is 16.9 Å². The molecule has 0 aliphatic heterocycles. The van der Waals surface area contributed by atoms with E-state index in [4.69, 9.17) is 11.6 Å². The third kappa shape index (κ3) is 3.67. The van der Waals surface area contributed by atoms with Crippen LogP contribution >= 0.6 is 27.5 Å². The number of carbonyl (C=O) groups excluding carboxylic acids is 1. The van der Waals surface area contributed by atoms with E-state index in [1.807, 2.05) is 0 Å². The first-order valence-corrected chi connectivity index (χ1v) is 8.39. The molecular formula is C15H19BrClNO2. The lowest BCUT2D eigenvalue weighted by Crippen LogP contribution is -2.40. The van der Waals surface area contributed by atoms with Gasteiger partial charge in [0.05, 0.1) is 5.56 Å². The molecule has 1 amide bonds. The summed E-state index contributed by atoms with van der Waals surface area (Å²) < 4.78 is 0. The smallest absolute Gasteiger partial charge is 0.255 e. The number of phenolic OH excluding ortho intramolecular Hbond substituents is 1. The molecule has 1 fully saturated rings. The van der Waals surface area contributed by atoms with E-state index in [-0.39, 0.29) is 22.6 Å². The van der Waals surface area contributed by atoms with Crippen LogP contribution in [0, 0.1) is 5.41 Å². The van der Waals surface area contributed by atoms with Gasteiger partial charge in [0.2, 0.25) is 0 Å². The molecular weight excluding hydrogens is 342 g/mol. The van der Waals surface area contributed by atoms with E-state index >= 15 is 0 Å². The van der Waals surface area contributed by atoms with Crippen molar-refractivity contribution < 1.29 is 9.90 Å². The molecule has 1 aromatic rings. The summed E-state index contributed by atoms with van der Waals surface area (Å²) in [7, 11) is 0. The number of benzene rings is 1. The molecule has 1 aliphatic rings. The molecule has 1 saturated carbocycles. The second-order valence-electron chi connectivity index (χ2n) is 5.54. The van der Waals surface area contributed by atoms with Gasteiger partial charge in [0.15, 0.2) is 0 Å². The summed E-state index contributed by atoms with van der Waals surface area (Å²) in [6.45, 7) is 0.638. The van der Waals surface area contributed by atoms with E-state index in [1.54, 1.807) is 12.1 Å². The first-order chi connectivity index (χ1) is 9.56. The molecule has 2 N–H and O–H groups in total. The number of alkyl halides is 1. The number of aromatic hydroxyl groups is 1. The highest BCUT2D eigenvalue weighted by Crippen LogP contribution is 2.37. The van der Waals surface area contributed by atoms with Gasteiger partial charge >= 0.3 is 0 Å². The topological polar surface area (TPSA) is 49.3 Å². The van der Waals surface area contributed by atoms with Crippen LogP contribution in [0.4, 0.5) is 0 Å². The maximum atomic E-state index is 12.1. The summed E-state index contributed by atoms with van der Waals surface area (Å²) in [5, 5.41) is 14.0. The van der Waals surface area contributed by atoms with Gasteiger partial charge in [0.1, 0.15) is 5.75 Å². The predicted molar refractivity (Wildman–Crippen MR) is 84.8 cm³/mol. The number of hydrogen-bond acceptors (Lipinski definition) is 2. The summed E-state index contributed by atoms with van der Waals surface area (Å²) in [6.07, 6.45) is 5.97. The lowest BCUT2D eigenvalue weighted by molar-refractivity contribution is 0.0919. The molecule has 20 heavy (non-hydrogen) atoms. The summed E-state index contributed by atoms with van der Waals surface area (Å²) in [6, 6.07) is 4.54. The van der Waals surface area contributed by atoms with E-state index in [0.717, 1.165) is 18.2 Å². The van der Waals surface area contributed by atoms with Crippen molar-refractivity contribution >= 4 is 33.4 Å². The first kappa shape index (κ1) is 15.6. The molecule has 0 bridgehead atoms. The Morgan fingerprint density at radius 2 is 2.05 bits per heavy atom. The van der Waals surface area contributed by atoms with Crippen LogP contribution in [0.3, 0.4) is 0 Å². The second-order valence-corrected chi connectivity index (χ2v) is 6.54. The van der Waals surface area contributed by atoms with E-state index < -0.39 is 0 Å². The van der Waals surface area contributed by atoms with Gasteiger partial charge in [-0.25, -0.2) is 0 Å². The van der Waals surface area contributed by atoms with Crippen LogP contribution in [-0.4, -0.2) is 22.9 Å². The molecule has 5 heteroatoms. The minimum atomic E-state index is -0.245. The Balaban J connectivity index is 2.00. The number of carbonyl (C=O) groups is 1. The lowest BCUT2D eigenvalue weighted by atomic mass is 9.75. The fraction of sp³-hybridized carbons (Fsp3) is 0.533. The molecule has 110 valence electrons. The Bertz CT molecular complexity index is 487. The first-order valence-electron chi connectivity index (χ1n) is 6.89. The molecule has 0 radical (unpaired) electrons. The van der Waals surface area contributed by atoms with Gasteiger partial charge in [-0.05, 0) is 36.5 Å². The molecule has 0 unspecified atom stereocenters. The van der Waals surface area contributed by atoms with Crippen LogP contribution in [0.2, 0.25) is 5.02 Å². The van der Waals surface area contributed by atoms with Gasteiger partial charge in [-0.1, -0.05) is 46.8 Å². The zero-order valence-electron chi connectivity index (χ0n) is 11.3. The SMILES string of the molecule is O=C(NCC1(CBr)CCCCC1)c1ccc(Cl)cc1O. The van der Waals surface area contributed by atoms with Gasteiger partial charge in [0.25, 0.3) is 5.91 Å². The highest BCUT2D eigenvalue weighted by Gasteiger charge is 2.31. The fourth-order valence-corrected chi connectivity index (χ4v) is 3.64. The normalized spacial score (nSPS) is 17.7. The van der Waals surface area contributed by atoms with Crippen LogP contribution in [0.1, 0.15) is 42.5 Å². The molecule has 0 heterocycles. The summed E-state index contributed by atoms with van der Waals surface area (Å²) in [5.74, 6) is -0.323. The largest absolute Gasteiger partial charge is 0.507 e. The van der Waals surface area contributed by atoms with Crippen molar-refractivity contribution in [2.45, 2.75) is 32.1 Å². The molecule has 1 aliphatic carbocycles. The molecule has 0 saturated heterocycles. The van der Waals surface area contributed by atoms with Crippen LogP contribution in [0.15, 0.2) is 18.2 Å². The standard InChI is InChI=1S/C15H19BrClNO2/c16-9-15(6-2-1-3-7-15)10-18-14(20)12-5-4-11(17)8-13(12)19/h4-5,8,19H,1-3,6-7,9-10H2,(H,18,20). The average molecular weight is 361 g/mol. The maximum Gasteiger partial charge on any atom is 0.255 e. The molecule has 0 aromatic heterocycles. The van der Waals surface area contributed by atoms with Crippen LogP contribution in [0.25, 0.3) is 0 Å². The molecule has 0 spiro atoms. The van der Waals surface area contributed by atoms with E-state index in [9.17, 15) is 9.90 Å². The minimum Gasteiger partial charge on any atom is -0.507 e. The summed E-state index contributed by atoms with van der Waals surface area (Å²) >= 11 is 9.35. The van der Waals surface area contributed by atoms with E-state index in [1.165, 1.54) is 25.3 Å². The highest BCUT2D eigenvalue weighted by molar-refractivity contribution is 9.09. The second kappa shape index (κ2) is 6.81. The van der Waals surface area contributed by atoms with Crippen molar-refractivity contribution in [3.05, 3.63) is 28.8 Å². The number of nitrogens with one attached hydrogen (secondary N) is 1. The summed E-state index contributed by atoms with van der Waals surface area (Å²) in [5.41, 5.74) is 0.422. The molecule has 3 nitrogen and oxygen atoms in total. The van der Waals surface area contributed by atoms with Crippen molar-refractivity contribution in [1.82, 2.24) is 5.32 Å². The Labute approximate surface area is 132 Å². The Kier molecular flexibility index (Phi) is 5.33. The zero-order chi connectivity index (χ0) is 14.6. The highest BCUT2D eigenvalue weighted by atomic mass is 79.9. The number of amides is 1. The van der Waals surface area contributed by atoms with E-state index in [2.05, 4.69) is 21.2 Å². The number of halogens is 2. The fourth-order valence-electron chi connectivity index (χ4n) is 2.72. The number of hydrogen-bond donors (Lipinski definition) is 2. The van der Waals surface area contributed by atoms with Gasteiger partial charge in [-0.15, -0.1) is 0 Å².